The quantitative estimate of drug-likeness (QED) is 0.107. The molecule has 6 heterocycles. The van der Waals surface area contributed by atoms with Crippen LogP contribution in [0.5, 0.6) is 11.6 Å². The number of fused-ring (bicyclic) bond motifs is 1. The molecule has 59 heavy (non-hydrogen) atoms. The van der Waals surface area contributed by atoms with Crippen LogP contribution < -0.4 is 10.1 Å². The topological polar surface area (TPSA) is 167 Å². The number of para-hydroxylation sites is 1. The van der Waals surface area contributed by atoms with E-state index in [9.17, 15) is 19.8 Å². The molecule has 6 aromatic rings. The second-order valence-electron chi connectivity index (χ2n) is 15.9. The van der Waals surface area contributed by atoms with Gasteiger partial charge in [0, 0.05) is 36.0 Å². The first-order valence-electron chi connectivity index (χ1n) is 20.2. The third-order valence-electron chi connectivity index (χ3n) is 11.5. The number of nitrogens with zero attached hydrogens (tertiary/aromatic N) is 6. The Balaban J connectivity index is 0.831. The van der Waals surface area contributed by atoms with Gasteiger partial charge in [0.2, 0.25) is 11.8 Å². The summed E-state index contributed by atoms with van der Waals surface area (Å²) in [5.41, 5.74) is 7.03. The van der Waals surface area contributed by atoms with Crippen LogP contribution in [0, 0.1) is 12.8 Å². The lowest BCUT2D eigenvalue weighted by Gasteiger charge is -2.31. The minimum absolute atomic E-state index is 0.0587. The summed E-state index contributed by atoms with van der Waals surface area (Å²) in [5, 5.41) is 37.0. The van der Waals surface area contributed by atoms with Crippen LogP contribution in [0.25, 0.3) is 31.9 Å². The number of hydrogen-bond acceptors (Lipinski definition) is 13. The molecule has 0 bridgehead atoms. The Kier molecular flexibility index (Phi) is 12.1. The molecule has 13 nitrogen and oxygen atoms in total. The van der Waals surface area contributed by atoms with Crippen molar-refractivity contribution >= 4 is 44.7 Å². The summed E-state index contributed by atoms with van der Waals surface area (Å²) in [7, 11) is 0. The van der Waals surface area contributed by atoms with Crippen LogP contribution in [0.2, 0.25) is 0 Å². The maximum absolute atomic E-state index is 14.2. The van der Waals surface area contributed by atoms with Crippen molar-refractivity contribution in [3.63, 3.8) is 0 Å². The number of β-amino-alcohol motifs (C(OH)–C–C–N with tert-alkyl or cyclic N) is 1. The molecule has 2 saturated heterocycles. The van der Waals surface area contributed by atoms with E-state index in [1.165, 1.54) is 9.78 Å². The highest BCUT2D eigenvalue weighted by Crippen LogP contribution is 2.38. The van der Waals surface area contributed by atoms with Crippen molar-refractivity contribution in [3.8, 4) is 33.3 Å². The molecule has 3 N–H and O–H groups in total. The molecule has 0 radical (unpaired) electrons. The third kappa shape index (κ3) is 8.88. The van der Waals surface area contributed by atoms with Gasteiger partial charge in [-0.1, -0.05) is 50.2 Å². The maximum Gasteiger partial charge on any atom is 0.254 e. The zero-order chi connectivity index (χ0) is 41.2. The SMILES string of the molecule is Cc1ncsc1-c1ccc([C@H](C)NC(=O)[C@@H]2C[C@@H](O)CN2C(=O)[C@@H](c2cc(OCCN3CCC(c4cc5nnc(-c6ccccc6O)cc5s4)CC3)no2)C(C)C)cc1. The number of rotatable bonds is 13. The maximum atomic E-state index is 14.2. The van der Waals surface area contributed by atoms with Gasteiger partial charge in [-0.15, -0.1) is 32.9 Å². The number of thiazole rings is 1. The van der Waals surface area contributed by atoms with Gasteiger partial charge in [0.05, 0.1) is 38.6 Å². The molecule has 15 heteroatoms. The van der Waals surface area contributed by atoms with Crippen LogP contribution in [-0.4, -0.2) is 97.1 Å². The number of carbonyl (C=O) groups excluding carboxylic acids is 2. The Morgan fingerprint density at radius 1 is 1.03 bits per heavy atom. The number of aromatic nitrogens is 4. The molecule has 2 aliphatic rings. The van der Waals surface area contributed by atoms with E-state index in [2.05, 4.69) is 36.6 Å². The number of likely N-dealkylation sites (tertiary alicyclic amines) is 2. The van der Waals surface area contributed by atoms with Crippen molar-refractivity contribution in [1.29, 1.82) is 0 Å². The molecule has 0 unspecified atom stereocenters. The zero-order valence-electron chi connectivity index (χ0n) is 33.6. The first-order chi connectivity index (χ1) is 28.5. The van der Waals surface area contributed by atoms with Crippen molar-refractivity contribution in [3.05, 3.63) is 94.1 Å². The number of carbonyl (C=O) groups is 2. The molecule has 308 valence electrons. The molecular weight excluding hydrogens is 787 g/mol. The highest BCUT2D eigenvalue weighted by atomic mass is 32.1. The van der Waals surface area contributed by atoms with Gasteiger partial charge in [-0.25, -0.2) is 4.98 Å². The number of aliphatic hydroxyl groups is 1. The number of nitrogens with one attached hydrogen (secondary N) is 1. The van der Waals surface area contributed by atoms with E-state index in [0.717, 1.165) is 64.4 Å². The van der Waals surface area contributed by atoms with Gasteiger partial charge < -0.3 is 29.7 Å². The predicted octanol–water partition coefficient (Wildman–Crippen LogP) is 7.32. The molecule has 2 aliphatic heterocycles. The van der Waals surface area contributed by atoms with Crippen molar-refractivity contribution in [2.24, 2.45) is 5.92 Å². The summed E-state index contributed by atoms with van der Waals surface area (Å²) < 4.78 is 12.8. The molecule has 2 amide bonds. The van der Waals surface area contributed by atoms with E-state index in [1.54, 1.807) is 40.9 Å². The number of aromatic hydroxyl groups is 1. The van der Waals surface area contributed by atoms with Crippen LogP contribution in [0.15, 0.2) is 76.8 Å². The van der Waals surface area contributed by atoms with Gasteiger partial charge in [0.1, 0.15) is 29.8 Å². The number of amides is 2. The molecule has 4 atom stereocenters. The summed E-state index contributed by atoms with van der Waals surface area (Å²) in [5.74, 6) is -0.178. The number of aliphatic hydroxyl groups excluding tert-OH is 1. The summed E-state index contributed by atoms with van der Waals surface area (Å²) in [6.45, 7) is 10.8. The average Bonchev–Trinajstić information content (AvgIpc) is 4.05. The first kappa shape index (κ1) is 40.6. The van der Waals surface area contributed by atoms with E-state index in [0.29, 0.717) is 35.4 Å². The summed E-state index contributed by atoms with van der Waals surface area (Å²) in [6.07, 6.45) is 1.37. The van der Waals surface area contributed by atoms with E-state index in [-0.39, 0.29) is 42.5 Å². The molecule has 2 aromatic carbocycles. The summed E-state index contributed by atoms with van der Waals surface area (Å²) >= 11 is 3.34. The Morgan fingerprint density at radius 2 is 1.81 bits per heavy atom. The first-order valence-corrected chi connectivity index (χ1v) is 21.9. The Labute approximate surface area is 351 Å². The standard InChI is InChI=1S/C44H49N7O6S2/c1-25(2)41(44(55)51-23-31(52)19-35(51)43(54)46-26(3)28-9-11-30(12-10-28)42-27(4)45-24-58-42)37-22-40(49-57-37)56-18-17-50-15-13-29(14-16-50)38-21-34-39(59-38)20-33(47-48-34)32-7-5-6-8-36(32)53/h5-12,20-22,24-26,29,31,35,41,52-53H,13-19,23H2,1-4H3,(H,46,54)/t26-,31+,35-,41+/m0/s1. The van der Waals surface area contributed by atoms with Gasteiger partial charge in [0.15, 0.2) is 5.76 Å². The number of ether oxygens (including phenoxy) is 1. The highest BCUT2D eigenvalue weighted by Gasteiger charge is 2.43. The Bertz CT molecular complexity index is 2400. The molecular formula is C44H49N7O6S2. The normalized spacial score (nSPS) is 18.7. The second kappa shape index (κ2) is 17.6. The fourth-order valence-corrected chi connectivity index (χ4v) is 10.2. The minimum Gasteiger partial charge on any atom is -0.507 e. The van der Waals surface area contributed by atoms with Crippen molar-refractivity contribution < 1.29 is 29.1 Å². The van der Waals surface area contributed by atoms with Gasteiger partial charge in [-0.2, -0.15) is 0 Å². The van der Waals surface area contributed by atoms with Crippen LogP contribution in [0.3, 0.4) is 0 Å². The van der Waals surface area contributed by atoms with Crippen LogP contribution in [-0.2, 0) is 9.59 Å². The van der Waals surface area contributed by atoms with Crippen LogP contribution in [0.4, 0.5) is 0 Å². The number of aryl methyl sites for hydroxylation is 1. The monoisotopic (exact) mass is 835 g/mol. The molecule has 0 aliphatic carbocycles. The average molecular weight is 836 g/mol. The minimum atomic E-state index is -0.821. The summed E-state index contributed by atoms with van der Waals surface area (Å²) in [4.78, 5) is 38.4. The number of piperidine rings is 1. The Hall–Kier alpha value is -5.22. The predicted molar refractivity (Wildman–Crippen MR) is 227 cm³/mol. The van der Waals surface area contributed by atoms with E-state index >= 15 is 0 Å². The number of benzene rings is 2. The highest BCUT2D eigenvalue weighted by molar-refractivity contribution is 7.19. The second-order valence-corrected chi connectivity index (χ2v) is 17.9. The van der Waals surface area contributed by atoms with Crippen molar-refractivity contribution in [2.45, 2.75) is 77.0 Å². The van der Waals surface area contributed by atoms with E-state index in [1.807, 2.05) is 75.7 Å². The summed E-state index contributed by atoms with van der Waals surface area (Å²) in [6, 6.07) is 19.9. The molecule has 8 rings (SSSR count). The Morgan fingerprint density at radius 3 is 2.54 bits per heavy atom. The molecule has 2 fully saturated rings. The fraction of sp³-hybridized carbons (Fsp3) is 0.409. The smallest absolute Gasteiger partial charge is 0.254 e. The number of phenolic OH excluding ortho intramolecular Hbond substituents is 1. The van der Waals surface area contributed by atoms with E-state index in [4.69, 9.17) is 9.26 Å². The number of hydrogen-bond donors (Lipinski definition) is 3. The molecule has 0 saturated carbocycles. The molecule has 4 aromatic heterocycles. The largest absolute Gasteiger partial charge is 0.507 e. The fourth-order valence-electron chi connectivity index (χ4n) is 8.20. The van der Waals surface area contributed by atoms with Gasteiger partial charge >= 0.3 is 0 Å². The van der Waals surface area contributed by atoms with Crippen molar-refractivity contribution in [1.82, 2.24) is 35.5 Å². The number of phenols is 1. The lowest BCUT2D eigenvalue weighted by molar-refractivity contribution is -0.141. The third-order valence-corrected chi connectivity index (χ3v) is 13.7. The zero-order valence-corrected chi connectivity index (χ0v) is 35.2. The van der Waals surface area contributed by atoms with Gasteiger partial charge in [-0.3, -0.25) is 14.5 Å². The lowest BCUT2D eigenvalue weighted by Crippen LogP contribution is -2.48. The van der Waals surface area contributed by atoms with Gasteiger partial charge in [0.25, 0.3) is 5.88 Å². The van der Waals surface area contributed by atoms with Crippen LogP contribution in [0.1, 0.15) is 79.8 Å². The number of thiophene rings is 1. The van der Waals surface area contributed by atoms with Gasteiger partial charge in [-0.05, 0) is 92.2 Å². The van der Waals surface area contributed by atoms with E-state index < -0.39 is 18.1 Å². The van der Waals surface area contributed by atoms with Crippen LogP contribution >= 0.6 is 22.7 Å². The lowest BCUT2D eigenvalue weighted by atomic mass is 9.91. The molecule has 0 spiro atoms. The van der Waals surface area contributed by atoms with Crippen molar-refractivity contribution in [2.75, 3.05) is 32.8 Å².